The Morgan fingerprint density at radius 3 is 2.70 bits per heavy atom. The van der Waals surface area contributed by atoms with E-state index >= 15 is 0 Å². The molecule has 102 valence electrons. The van der Waals surface area contributed by atoms with Crippen LogP contribution in [0.1, 0.15) is 12.5 Å². The van der Waals surface area contributed by atoms with Crippen molar-refractivity contribution in [3.8, 4) is 12.1 Å². The van der Waals surface area contributed by atoms with Crippen LogP contribution in [0.5, 0.6) is 0 Å². The average Bonchev–Trinajstić information content (AvgIpc) is 2.53. The molecule has 2 aliphatic rings. The lowest BCUT2D eigenvalue weighted by Gasteiger charge is -2.50. The summed E-state index contributed by atoms with van der Waals surface area (Å²) in [4.78, 5) is 4.61. The van der Waals surface area contributed by atoms with Crippen molar-refractivity contribution in [1.29, 1.82) is 10.5 Å². The van der Waals surface area contributed by atoms with Crippen LogP contribution in [-0.4, -0.2) is 37.1 Å². The second-order valence-corrected chi connectivity index (χ2v) is 5.60. The molecule has 0 aliphatic carbocycles. The smallest absolute Gasteiger partial charge is 0.169 e. The van der Waals surface area contributed by atoms with Crippen LogP contribution in [0.15, 0.2) is 24.3 Å². The molecule has 4 nitrogen and oxygen atoms in total. The van der Waals surface area contributed by atoms with Crippen LogP contribution < -0.4 is 4.90 Å². The molecule has 1 fully saturated rings. The van der Waals surface area contributed by atoms with E-state index in [4.69, 9.17) is 0 Å². The minimum absolute atomic E-state index is 0.0268. The maximum atomic E-state index is 9.65. The quantitative estimate of drug-likeness (QED) is 0.777. The number of piperazine rings is 1. The number of benzene rings is 1. The fraction of sp³-hybridized carbons (Fsp3) is 0.500. The van der Waals surface area contributed by atoms with Gasteiger partial charge in [-0.25, -0.2) is 0 Å². The van der Waals surface area contributed by atoms with Gasteiger partial charge in [0.05, 0.1) is 18.2 Å². The van der Waals surface area contributed by atoms with E-state index in [2.05, 4.69) is 34.9 Å². The number of likely N-dealkylation sites (N-methyl/N-ethyl adjacent to an activating group) is 1. The second-order valence-electron chi connectivity index (χ2n) is 5.60. The lowest BCUT2D eigenvalue weighted by molar-refractivity contribution is 0.185. The predicted octanol–water partition coefficient (Wildman–Crippen LogP) is 1.79. The molecule has 0 aromatic heterocycles. The molecule has 4 heteroatoms. The zero-order valence-corrected chi connectivity index (χ0v) is 11.7. The van der Waals surface area contributed by atoms with Gasteiger partial charge in [-0.05, 0) is 18.2 Å². The molecule has 1 aromatic rings. The van der Waals surface area contributed by atoms with Gasteiger partial charge in [0.1, 0.15) is 0 Å². The van der Waals surface area contributed by atoms with Crippen LogP contribution in [0.4, 0.5) is 5.69 Å². The van der Waals surface area contributed by atoms with Gasteiger partial charge >= 0.3 is 0 Å². The Balaban J connectivity index is 2.08. The molecule has 0 amide bonds. The number of para-hydroxylation sites is 1. The molecule has 0 bridgehead atoms. The molecule has 2 heterocycles. The summed E-state index contributed by atoms with van der Waals surface area (Å²) in [6.45, 7) is 5.78. The maximum absolute atomic E-state index is 9.65. The lowest BCUT2D eigenvalue weighted by Crippen LogP contribution is -2.62. The van der Waals surface area contributed by atoms with Crippen LogP contribution in [-0.2, 0) is 6.42 Å². The molecular weight excluding hydrogens is 248 g/mol. The fourth-order valence-electron chi connectivity index (χ4n) is 3.45. The molecule has 1 atom stereocenters. The topological polar surface area (TPSA) is 54.1 Å². The summed E-state index contributed by atoms with van der Waals surface area (Å²) in [6, 6.07) is 12.8. The Labute approximate surface area is 119 Å². The number of anilines is 1. The average molecular weight is 266 g/mol. The van der Waals surface area contributed by atoms with Crippen molar-refractivity contribution in [2.24, 2.45) is 5.41 Å². The first-order valence-electron chi connectivity index (χ1n) is 7.13. The van der Waals surface area contributed by atoms with Gasteiger partial charge in [0, 0.05) is 31.7 Å². The molecule has 0 radical (unpaired) electrons. The number of nitrogens with zero attached hydrogens (tertiary/aromatic N) is 4. The Hall–Kier alpha value is -2.04. The Morgan fingerprint density at radius 1 is 1.25 bits per heavy atom. The summed E-state index contributed by atoms with van der Waals surface area (Å²) < 4.78 is 0. The summed E-state index contributed by atoms with van der Waals surface area (Å²) in [6.07, 6.45) is 0.537. The van der Waals surface area contributed by atoms with E-state index in [1.165, 1.54) is 5.69 Å². The van der Waals surface area contributed by atoms with Crippen LogP contribution in [0.2, 0.25) is 0 Å². The van der Waals surface area contributed by atoms with Crippen molar-refractivity contribution in [2.45, 2.75) is 19.4 Å². The number of hydrogen-bond acceptors (Lipinski definition) is 4. The third kappa shape index (κ3) is 1.77. The van der Waals surface area contributed by atoms with Crippen LogP contribution >= 0.6 is 0 Å². The van der Waals surface area contributed by atoms with E-state index in [9.17, 15) is 10.5 Å². The lowest BCUT2D eigenvalue weighted by atomic mass is 9.72. The summed E-state index contributed by atoms with van der Waals surface area (Å²) in [5.41, 5.74) is 1.40. The summed E-state index contributed by atoms with van der Waals surface area (Å²) in [5, 5.41) is 19.3. The second kappa shape index (κ2) is 4.81. The van der Waals surface area contributed by atoms with Gasteiger partial charge in [-0.3, -0.25) is 4.90 Å². The number of rotatable bonds is 1. The van der Waals surface area contributed by atoms with Crippen molar-refractivity contribution in [3.05, 3.63) is 29.8 Å². The van der Waals surface area contributed by atoms with E-state index in [-0.39, 0.29) is 6.04 Å². The zero-order valence-electron chi connectivity index (χ0n) is 11.7. The van der Waals surface area contributed by atoms with Crippen LogP contribution in [0.3, 0.4) is 0 Å². The maximum Gasteiger partial charge on any atom is 0.169 e. The van der Waals surface area contributed by atoms with Gasteiger partial charge < -0.3 is 4.90 Å². The molecule has 2 aliphatic heterocycles. The first kappa shape index (κ1) is 13.0. The highest BCUT2D eigenvalue weighted by Crippen LogP contribution is 2.42. The van der Waals surface area contributed by atoms with Gasteiger partial charge in [0.2, 0.25) is 0 Å². The monoisotopic (exact) mass is 266 g/mol. The van der Waals surface area contributed by atoms with Crippen molar-refractivity contribution < 1.29 is 0 Å². The molecule has 1 aromatic carbocycles. The fourth-order valence-corrected chi connectivity index (χ4v) is 3.45. The Morgan fingerprint density at radius 2 is 2.00 bits per heavy atom. The van der Waals surface area contributed by atoms with Crippen molar-refractivity contribution in [2.75, 3.05) is 31.1 Å². The molecule has 0 N–H and O–H groups in total. The van der Waals surface area contributed by atoms with E-state index in [1.807, 2.05) is 18.2 Å². The van der Waals surface area contributed by atoms with Gasteiger partial charge in [-0.1, -0.05) is 25.1 Å². The predicted molar refractivity (Wildman–Crippen MR) is 77.1 cm³/mol. The van der Waals surface area contributed by atoms with E-state index in [0.29, 0.717) is 6.42 Å². The molecular formula is C16H18N4. The number of fused-ring (bicyclic) bond motifs is 3. The summed E-state index contributed by atoms with van der Waals surface area (Å²) in [7, 11) is 0. The molecule has 0 unspecified atom stereocenters. The van der Waals surface area contributed by atoms with Crippen LogP contribution in [0.25, 0.3) is 0 Å². The van der Waals surface area contributed by atoms with Gasteiger partial charge in [0.15, 0.2) is 5.41 Å². The van der Waals surface area contributed by atoms with E-state index < -0.39 is 5.41 Å². The first-order chi connectivity index (χ1) is 9.74. The standard InChI is InChI=1S/C16H18N4/c1-2-19-7-8-20-14-6-4-3-5-13(14)9-16(11-17,12-18)15(20)10-19/h3-6,15H,2,7-10H2,1H3/t15-/m0/s1. The minimum atomic E-state index is -0.928. The Kier molecular flexibility index (Phi) is 3.12. The summed E-state index contributed by atoms with van der Waals surface area (Å²) >= 11 is 0. The zero-order chi connectivity index (χ0) is 14.2. The molecule has 0 saturated carbocycles. The largest absolute Gasteiger partial charge is 0.363 e. The third-order valence-electron chi connectivity index (χ3n) is 4.65. The molecule has 20 heavy (non-hydrogen) atoms. The minimum Gasteiger partial charge on any atom is -0.363 e. The van der Waals surface area contributed by atoms with Gasteiger partial charge in [-0.15, -0.1) is 0 Å². The van der Waals surface area contributed by atoms with Crippen molar-refractivity contribution in [3.63, 3.8) is 0 Å². The third-order valence-corrected chi connectivity index (χ3v) is 4.65. The van der Waals surface area contributed by atoms with Crippen LogP contribution in [0, 0.1) is 28.1 Å². The van der Waals surface area contributed by atoms with Crippen molar-refractivity contribution in [1.82, 2.24) is 4.90 Å². The van der Waals surface area contributed by atoms with Gasteiger partial charge in [-0.2, -0.15) is 10.5 Å². The normalized spacial score (nSPS) is 24.1. The Bertz CT molecular complexity index is 581. The highest BCUT2D eigenvalue weighted by Gasteiger charge is 2.49. The molecule has 0 spiro atoms. The number of nitriles is 2. The number of hydrogen-bond donors (Lipinski definition) is 0. The van der Waals surface area contributed by atoms with Crippen molar-refractivity contribution >= 4 is 5.69 Å². The highest BCUT2D eigenvalue weighted by molar-refractivity contribution is 5.60. The van der Waals surface area contributed by atoms with E-state index in [1.54, 1.807) is 0 Å². The van der Waals surface area contributed by atoms with Gasteiger partial charge in [0.25, 0.3) is 0 Å². The molecule has 3 rings (SSSR count). The molecule has 1 saturated heterocycles. The SMILES string of the molecule is CCN1CCN2c3ccccc3CC(C#N)(C#N)[C@@H]2C1. The summed E-state index contributed by atoms with van der Waals surface area (Å²) in [5.74, 6) is 0. The first-order valence-corrected chi connectivity index (χ1v) is 7.13. The van der Waals surface area contributed by atoms with E-state index in [0.717, 1.165) is 31.7 Å². The highest BCUT2D eigenvalue weighted by atomic mass is 15.3.